The highest BCUT2D eigenvalue weighted by molar-refractivity contribution is 5.76. The summed E-state index contributed by atoms with van der Waals surface area (Å²) >= 11 is 0. The molecule has 3 N–H and O–H groups in total. The van der Waals surface area contributed by atoms with E-state index in [9.17, 15) is 9.90 Å². The van der Waals surface area contributed by atoms with Crippen molar-refractivity contribution in [2.45, 2.75) is 57.6 Å². The molecule has 0 aromatic heterocycles. The monoisotopic (exact) mass is 291 g/mol. The molecule has 4 heteroatoms. The van der Waals surface area contributed by atoms with Gasteiger partial charge in [-0.1, -0.05) is 31.9 Å². The summed E-state index contributed by atoms with van der Waals surface area (Å²) in [4.78, 5) is 12.1. The van der Waals surface area contributed by atoms with E-state index in [4.69, 9.17) is 10.5 Å². The van der Waals surface area contributed by atoms with E-state index in [1.807, 2.05) is 0 Å². The van der Waals surface area contributed by atoms with Gasteiger partial charge in [-0.2, -0.15) is 0 Å². The van der Waals surface area contributed by atoms with Crippen LogP contribution in [0.1, 0.15) is 44.6 Å². The number of phenols is 1. The summed E-state index contributed by atoms with van der Waals surface area (Å²) in [6.07, 6.45) is 5.90. The second-order valence-corrected chi connectivity index (χ2v) is 5.98. The van der Waals surface area contributed by atoms with Crippen LogP contribution in [0.2, 0.25) is 0 Å². The SMILES string of the molecule is CCC1CCCC(OC(=O)[C@H](N)Cc2ccc(O)cc2)C1. The Labute approximate surface area is 126 Å². The van der Waals surface area contributed by atoms with Crippen LogP contribution in [0.5, 0.6) is 5.75 Å². The van der Waals surface area contributed by atoms with Crippen LogP contribution in [-0.2, 0) is 16.0 Å². The first-order chi connectivity index (χ1) is 10.1. The number of rotatable bonds is 5. The highest BCUT2D eigenvalue weighted by Gasteiger charge is 2.26. The average molecular weight is 291 g/mol. The summed E-state index contributed by atoms with van der Waals surface area (Å²) in [6.45, 7) is 2.19. The Morgan fingerprint density at radius 2 is 2.10 bits per heavy atom. The van der Waals surface area contributed by atoms with Gasteiger partial charge >= 0.3 is 5.97 Å². The molecule has 2 rings (SSSR count). The van der Waals surface area contributed by atoms with Crippen LogP contribution in [0.15, 0.2) is 24.3 Å². The van der Waals surface area contributed by atoms with Crippen LogP contribution in [0.3, 0.4) is 0 Å². The van der Waals surface area contributed by atoms with Gasteiger partial charge in [0.05, 0.1) is 0 Å². The normalized spacial score (nSPS) is 23.5. The molecule has 1 saturated carbocycles. The third-order valence-electron chi connectivity index (χ3n) is 4.29. The molecule has 0 saturated heterocycles. The summed E-state index contributed by atoms with van der Waals surface area (Å²) < 4.78 is 5.57. The molecule has 0 spiro atoms. The van der Waals surface area contributed by atoms with Gasteiger partial charge in [0, 0.05) is 0 Å². The lowest BCUT2D eigenvalue weighted by molar-refractivity contribution is -0.152. The first-order valence-corrected chi connectivity index (χ1v) is 7.82. The largest absolute Gasteiger partial charge is 0.508 e. The maximum atomic E-state index is 12.1. The Morgan fingerprint density at radius 3 is 2.76 bits per heavy atom. The molecule has 1 aliphatic rings. The van der Waals surface area contributed by atoms with Crippen LogP contribution in [-0.4, -0.2) is 23.2 Å². The van der Waals surface area contributed by atoms with Crippen molar-refractivity contribution in [2.75, 3.05) is 0 Å². The van der Waals surface area contributed by atoms with Gasteiger partial charge in [-0.25, -0.2) is 0 Å². The fourth-order valence-electron chi connectivity index (χ4n) is 2.94. The Morgan fingerprint density at radius 1 is 1.38 bits per heavy atom. The molecule has 0 amide bonds. The predicted molar refractivity (Wildman–Crippen MR) is 81.9 cm³/mol. The third-order valence-corrected chi connectivity index (χ3v) is 4.29. The van der Waals surface area contributed by atoms with Crippen molar-refractivity contribution in [3.05, 3.63) is 29.8 Å². The van der Waals surface area contributed by atoms with Crippen LogP contribution in [0.4, 0.5) is 0 Å². The number of carbonyl (C=O) groups is 1. The minimum absolute atomic E-state index is 0.0297. The van der Waals surface area contributed by atoms with Crippen molar-refractivity contribution in [3.63, 3.8) is 0 Å². The minimum Gasteiger partial charge on any atom is -0.508 e. The first kappa shape index (κ1) is 15.8. The van der Waals surface area contributed by atoms with Crippen molar-refractivity contribution in [1.82, 2.24) is 0 Å². The molecule has 1 aromatic carbocycles. The number of benzene rings is 1. The molecule has 21 heavy (non-hydrogen) atoms. The van der Waals surface area contributed by atoms with Gasteiger partial charge in [0.15, 0.2) is 0 Å². The average Bonchev–Trinajstić information content (AvgIpc) is 2.49. The van der Waals surface area contributed by atoms with Crippen LogP contribution in [0.25, 0.3) is 0 Å². The van der Waals surface area contributed by atoms with Crippen molar-refractivity contribution < 1.29 is 14.6 Å². The van der Waals surface area contributed by atoms with Gasteiger partial charge in [-0.3, -0.25) is 4.79 Å². The summed E-state index contributed by atoms with van der Waals surface area (Å²) in [7, 11) is 0. The molecule has 0 radical (unpaired) electrons. The fourth-order valence-corrected chi connectivity index (χ4v) is 2.94. The van der Waals surface area contributed by atoms with Crippen LogP contribution in [0, 0.1) is 5.92 Å². The standard InChI is InChI=1S/C17H25NO3/c1-2-12-4-3-5-15(10-12)21-17(20)16(18)11-13-6-8-14(19)9-7-13/h6-9,12,15-16,19H,2-5,10-11,18H2,1H3/t12?,15?,16-/m1/s1. The second kappa shape index (κ2) is 7.46. The number of nitrogens with two attached hydrogens (primary N) is 1. The van der Waals surface area contributed by atoms with Crippen molar-refractivity contribution in [3.8, 4) is 5.75 Å². The maximum Gasteiger partial charge on any atom is 0.323 e. The fraction of sp³-hybridized carbons (Fsp3) is 0.588. The second-order valence-electron chi connectivity index (χ2n) is 5.98. The number of hydrogen-bond acceptors (Lipinski definition) is 4. The van der Waals surface area contributed by atoms with E-state index in [1.54, 1.807) is 24.3 Å². The summed E-state index contributed by atoms with van der Waals surface area (Å²) in [5.74, 6) is 0.567. The van der Waals surface area contributed by atoms with E-state index >= 15 is 0 Å². The van der Waals surface area contributed by atoms with Crippen molar-refractivity contribution >= 4 is 5.97 Å². The van der Waals surface area contributed by atoms with Gasteiger partial charge < -0.3 is 15.6 Å². The number of hydrogen-bond donors (Lipinski definition) is 2. The van der Waals surface area contributed by atoms with Gasteiger partial charge in [0.1, 0.15) is 17.9 Å². The molecule has 0 heterocycles. The third kappa shape index (κ3) is 4.74. The summed E-state index contributed by atoms with van der Waals surface area (Å²) in [5, 5.41) is 9.24. The topological polar surface area (TPSA) is 72.5 Å². The quantitative estimate of drug-likeness (QED) is 0.818. The molecule has 4 nitrogen and oxygen atoms in total. The highest BCUT2D eigenvalue weighted by Crippen LogP contribution is 2.28. The molecule has 3 atom stereocenters. The molecule has 0 bridgehead atoms. The van der Waals surface area contributed by atoms with E-state index in [2.05, 4.69) is 6.92 Å². The number of carbonyl (C=O) groups excluding carboxylic acids is 1. The predicted octanol–water partition coefficient (Wildman–Crippen LogP) is 2.77. The molecule has 116 valence electrons. The van der Waals surface area contributed by atoms with Gasteiger partial charge in [0.2, 0.25) is 0 Å². The minimum atomic E-state index is -0.642. The molecule has 0 aliphatic heterocycles. The first-order valence-electron chi connectivity index (χ1n) is 7.82. The molecule has 2 unspecified atom stereocenters. The summed E-state index contributed by atoms with van der Waals surface area (Å²) in [5.41, 5.74) is 6.86. The smallest absolute Gasteiger partial charge is 0.323 e. The van der Waals surface area contributed by atoms with Gasteiger partial charge in [-0.05, 0) is 49.3 Å². The number of ether oxygens (including phenoxy) is 1. The van der Waals surface area contributed by atoms with Gasteiger partial charge in [-0.15, -0.1) is 0 Å². The van der Waals surface area contributed by atoms with E-state index in [-0.39, 0.29) is 17.8 Å². The zero-order chi connectivity index (χ0) is 15.2. The Kier molecular flexibility index (Phi) is 5.62. The molecular weight excluding hydrogens is 266 g/mol. The van der Waals surface area contributed by atoms with Crippen molar-refractivity contribution in [1.29, 1.82) is 0 Å². The zero-order valence-corrected chi connectivity index (χ0v) is 12.6. The summed E-state index contributed by atoms with van der Waals surface area (Å²) in [6, 6.07) is 6.10. The molecule has 1 aliphatic carbocycles. The lowest BCUT2D eigenvalue weighted by Gasteiger charge is -2.29. The number of aromatic hydroxyl groups is 1. The lowest BCUT2D eigenvalue weighted by atomic mass is 9.85. The van der Waals surface area contributed by atoms with E-state index in [0.29, 0.717) is 12.3 Å². The van der Waals surface area contributed by atoms with Crippen molar-refractivity contribution in [2.24, 2.45) is 11.7 Å². The van der Waals surface area contributed by atoms with E-state index in [0.717, 1.165) is 31.2 Å². The van der Waals surface area contributed by atoms with E-state index in [1.165, 1.54) is 6.42 Å². The lowest BCUT2D eigenvalue weighted by Crippen LogP contribution is -2.38. The zero-order valence-electron chi connectivity index (χ0n) is 12.6. The Hall–Kier alpha value is -1.55. The Bertz CT molecular complexity index is 458. The molecule has 1 aromatic rings. The number of esters is 1. The number of phenolic OH excluding ortho intramolecular Hbond substituents is 1. The van der Waals surface area contributed by atoms with Crippen LogP contribution < -0.4 is 5.73 Å². The molecular formula is C17H25NO3. The van der Waals surface area contributed by atoms with Crippen LogP contribution >= 0.6 is 0 Å². The van der Waals surface area contributed by atoms with E-state index < -0.39 is 6.04 Å². The van der Waals surface area contributed by atoms with Gasteiger partial charge in [0.25, 0.3) is 0 Å². The Balaban J connectivity index is 1.83. The maximum absolute atomic E-state index is 12.1. The highest BCUT2D eigenvalue weighted by atomic mass is 16.5. The molecule has 1 fully saturated rings.